The van der Waals surface area contributed by atoms with E-state index in [4.69, 9.17) is 0 Å². The molecule has 0 heterocycles. The van der Waals surface area contributed by atoms with Gasteiger partial charge in [0.25, 0.3) is 0 Å². The SMILES string of the molecule is CN(C)C[c-]1cccc1.CN(C)C[c-]1cccc1.[Cl-].[Cl-].[Ti+4]. The molecule has 0 aliphatic carbocycles. The minimum absolute atomic E-state index is 0. The fourth-order valence-electron chi connectivity index (χ4n) is 1.77. The molecular formula is C16H24Cl2N2Ti. The second-order valence-electron chi connectivity index (χ2n) is 5.06. The predicted molar refractivity (Wildman–Crippen MR) is 78.9 cm³/mol. The maximum absolute atomic E-state index is 2.16. The zero-order valence-electron chi connectivity index (χ0n) is 13.2. The fourth-order valence-corrected chi connectivity index (χ4v) is 1.77. The van der Waals surface area contributed by atoms with Crippen LogP contribution in [0.5, 0.6) is 0 Å². The molecule has 5 heteroatoms. The average Bonchev–Trinajstić information content (AvgIpc) is 2.90. The van der Waals surface area contributed by atoms with Crippen molar-refractivity contribution in [1.82, 2.24) is 9.80 Å². The van der Waals surface area contributed by atoms with Crippen LogP contribution in [0.1, 0.15) is 11.1 Å². The van der Waals surface area contributed by atoms with Gasteiger partial charge in [0.15, 0.2) is 0 Å². The molecule has 2 aromatic rings. The van der Waals surface area contributed by atoms with Crippen LogP contribution in [0.4, 0.5) is 0 Å². The first-order valence-electron chi connectivity index (χ1n) is 6.28. The maximum atomic E-state index is 2.16. The van der Waals surface area contributed by atoms with Gasteiger partial charge in [-0.25, -0.2) is 24.3 Å². The van der Waals surface area contributed by atoms with Crippen molar-refractivity contribution in [3.05, 3.63) is 59.7 Å². The zero-order valence-corrected chi connectivity index (χ0v) is 16.3. The van der Waals surface area contributed by atoms with Gasteiger partial charge in [0.05, 0.1) is 0 Å². The van der Waals surface area contributed by atoms with Crippen molar-refractivity contribution >= 4 is 0 Å². The summed E-state index contributed by atoms with van der Waals surface area (Å²) in [7, 11) is 8.31. The second kappa shape index (κ2) is 14.8. The van der Waals surface area contributed by atoms with Crippen LogP contribution in [-0.2, 0) is 34.8 Å². The van der Waals surface area contributed by atoms with Gasteiger partial charge in [-0.2, -0.15) is 24.3 Å². The first kappa shape index (κ1) is 25.8. The summed E-state index contributed by atoms with van der Waals surface area (Å²) in [6.45, 7) is 2.10. The minimum Gasteiger partial charge on any atom is -1.00 e. The number of rotatable bonds is 4. The van der Waals surface area contributed by atoms with Crippen LogP contribution in [-0.4, -0.2) is 38.0 Å². The molecule has 0 unspecified atom stereocenters. The summed E-state index contributed by atoms with van der Waals surface area (Å²) in [5.41, 5.74) is 2.78. The molecule has 0 saturated heterocycles. The molecule has 0 radical (unpaired) electrons. The van der Waals surface area contributed by atoms with Gasteiger partial charge in [-0.15, -0.1) is 11.1 Å². The molecule has 0 aliphatic heterocycles. The van der Waals surface area contributed by atoms with E-state index in [0.717, 1.165) is 13.1 Å². The molecule has 2 rings (SSSR count). The summed E-state index contributed by atoms with van der Waals surface area (Å²) in [6, 6.07) is 16.8. The molecule has 0 fully saturated rings. The van der Waals surface area contributed by atoms with Gasteiger partial charge in [0.2, 0.25) is 0 Å². The fraction of sp³-hybridized carbons (Fsp3) is 0.375. The molecule has 21 heavy (non-hydrogen) atoms. The molecule has 0 aromatic heterocycles. The van der Waals surface area contributed by atoms with Crippen LogP contribution >= 0.6 is 0 Å². The van der Waals surface area contributed by atoms with Crippen molar-refractivity contribution < 1.29 is 46.5 Å². The van der Waals surface area contributed by atoms with E-state index in [0.29, 0.717) is 0 Å². The van der Waals surface area contributed by atoms with E-state index < -0.39 is 0 Å². The van der Waals surface area contributed by atoms with Gasteiger partial charge in [-0.05, 0) is 41.3 Å². The van der Waals surface area contributed by atoms with E-state index in [1.54, 1.807) is 0 Å². The summed E-state index contributed by atoms with van der Waals surface area (Å²) in [4.78, 5) is 4.32. The Hall–Kier alpha value is -0.0857. The van der Waals surface area contributed by atoms with Crippen LogP contribution in [0.2, 0.25) is 0 Å². The van der Waals surface area contributed by atoms with Crippen molar-refractivity contribution in [2.24, 2.45) is 0 Å². The summed E-state index contributed by atoms with van der Waals surface area (Å²) in [6.07, 6.45) is 0. The Balaban J connectivity index is -0.000000270. The van der Waals surface area contributed by atoms with E-state index in [-0.39, 0.29) is 46.5 Å². The Morgan fingerprint density at radius 1 is 0.619 bits per heavy atom. The largest absolute Gasteiger partial charge is 4.00 e. The van der Waals surface area contributed by atoms with Gasteiger partial charge in [0.1, 0.15) is 0 Å². The van der Waals surface area contributed by atoms with E-state index in [1.165, 1.54) is 11.1 Å². The van der Waals surface area contributed by atoms with Crippen LogP contribution < -0.4 is 24.8 Å². The summed E-state index contributed by atoms with van der Waals surface area (Å²) in [5, 5.41) is 0. The molecule has 0 aliphatic rings. The Labute approximate surface area is 156 Å². The standard InChI is InChI=1S/2C8H12N.2ClH.Ti/c2*1-9(2)7-8-5-3-4-6-8;;;/h2*3-6H,7H2,1-2H3;2*1H;/q2*-1;;;+4/p-2. The van der Waals surface area contributed by atoms with E-state index in [9.17, 15) is 0 Å². The Bertz CT molecular complexity index is 358. The smallest absolute Gasteiger partial charge is 1.00 e. The molecule has 0 atom stereocenters. The second-order valence-corrected chi connectivity index (χ2v) is 5.06. The molecule has 0 saturated carbocycles. The van der Waals surface area contributed by atoms with Crippen molar-refractivity contribution in [2.75, 3.05) is 28.2 Å². The summed E-state index contributed by atoms with van der Waals surface area (Å²) >= 11 is 0. The van der Waals surface area contributed by atoms with Crippen LogP contribution in [0.25, 0.3) is 0 Å². The molecule has 2 aromatic carbocycles. The quantitative estimate of drug-likeness (QED) is 0.421. The van der Waals surface area contributed by atoms with Crippen molar-refractivity contribution in [3.8, 4) is 0 Å². The molecule has 0 amide bonds. The molecule has 0 N–H and O–H groups in total. The molecule has 2 nitrogen and oxygen atoms in total. The number of hydrogen-bond acceptors (Lipinski definition) is 2. The zero-order chi connectivity index (χ0) is 13.4. The number of halogens is 2. The minimum atomic E-state index is 0. The Morgan fingerprint density at radius 3 is 1.05 bits per heavy atom. The average molecular weight is 363 g/mol. The van der Waals surface area contributed by atoms with Crippen LogP contribution in [0.15, 0.2) is 48.5 Å². The molecule has 0 bridgehead atoms. The molecule has 116 valence electrons. The third-order valence-electron chi connectivity index (χ3n) is 2.46. The topological polar surface area (TPSA) is 6.48 Å². The van der Waals surface area contributed by atoms with Gasteiger partial charge < -0.3 is 34.6 Å². The van der Waals surface area contributed by atoms with E-state index in [2.05, 4.69) is 86.5 Å². The van der Waals surface area contributed by atoms with Crippen LogP contribution in [0.3, 0.4) is 0 Å². The van der Waals surface area contributed by atoms with Gasteiger partial charge in [-0.1, -0.05) is 0 Å². The third kappa shape index (κ3) is 13.3. The van der Waals surface area contributed by atoms with Crippen molar-refractivity contribution in [3.63, 3.8) is 0 Å². The van der Waals surface area contributed by atoms with Crippen LogP contribution in [0, 0.1) is 0 Å². The third-order valence-corrected chi connectivity index (χ3v) is 2.46. The Morgan fingerprint density at radius 2 is 0.857 bits per heavy atom. The monoisotopic (exact) mass is 362 g/mol. The molecular weight excluding hydrogens is 339 g/mol. The van der Waals surface area contributed by atoms with Crippen molar-refractivity contribution in [1.29, 1.82) is 0 Å². The Kier molecular flexibility index (Phi) is 18.3. The number of hydrogen-bond donors (Lipinski definition) is 0. The first-order chi connectivity index (χ1) is 8.58. The van der Waals surface area contributed by atoms with E-state index >= 15 is 0 Å². The van der Waals surface area contributed by atoms with Gasteiger partial charge >= 0.3 is 21.7 Å². The summed E-state index contributed by atoms with van der Waals surface area (Å²) < 4.78 is 0. The number of nitrogens with zero attached hydrogens (tertiary/aromatic N) is 2. The van der Waals surface area contributed by atoms with Crippen molar-refractivity contribution in [2.45, 2.75) is 13.1 Å². The molecule has 0 spiro atoms. The first-order valence-corrected chi connectivity index (χ1v) is 6.28. The predicted octanol–water partition coefficient (Wildman–Crippen LogP) is -3.06. The van der Waals surface area contributed by atoms with Gasteiger partial charge in [0, 0.05) is 0 Å². The van der Waals surface area contributed by atoms with E-state index in [1.807, 2.05) is 0 Å². The summed E-state index contributed by atoms with van der Waals surface area (Å²) in [5.74, 6) is 0. The maximum Gasteiger partial charge on any atom is 4.00 e. The van der Waals surface area contributed by atoms with Gasteiger partial charge in [-0.3, -0.25) is 0 Å². The normalized spacial score (nSPS) is 9.05.